The quantitative estimate of drug-likeness (QED) is 0.835. The van der Waals surface area contributed by atoms with Crippen LogP contribution in [0.4, 0.5) is 4.39 Å². The Kier molecular flexibility index (Phi) is 5.48. The molecule has 0 aliphatic carbocycles. The minimum Gasteiger partial charge on any atom is -0.466 e. The summed E-state index contributed by atoms with van der Waals surface area (Å²) in [6.45, 7) is 7.42. The lowest BCUT2D eigenvalue weighted by Crippen LogP contribution is -2.29. The first-order chi connectivity index (χ1) is 8.88. The van der Waals surface area contributed by atoms with Crippen molar-refractivity contribution in [3.63, 3.8) is 0 Å². The molecule has 1 aromatic carbocycles. The van der Waals surface area contributed by atoms with Crippen molar-refractivity contribution >= 4 is 5.97 Å². The lowest BCUT2D eigenvalue weighted by molar-refractivity contribution is -0.154. The van der Waals surface area contributed by atoms with E-state index in [1.54, 1.807) is 13.8 Å². The summed E-state index contributed by atoms with van der Waals surface area (Å²) < 4.78 is 18.1. The molecule has 106 valence electrons. The van der Waals surface area contributed by atoms with E-state index in [9.17, 15) is 14.3 Å². The molecule has 1 N–H and O–H groups in total. The lowest BCUT2D eigenvalue weighted by Gasteiger charge is -2.25. The maximum atomic E-state index is 13.1. The van der Waals surface area contributed by atoms with Crippen LogP contribution in [0.5, 0.6) is 0 Å². The van der Waals surface area contributed by atoms with Gasteiger partial charge in [0.2, 0.25) is 0 Å². The van der Waals surface area contributed by atoms with E-state index in [0.717, 1.165) is 0 Å². The molecule has 3 nitrogen and oxygen atoms in total. The fourth-order valence-electron chi connectivity index (χ4n) is 2.17. The van der Waals surface area contributed by atoms with Crippen LogP contribution in [-0.4, -0.2) is 17.7 Å². The van der Waals surface area contributed by atoms with Gasteiger partial charge in [-0.3, -0.25) is 4.79 Å². The fourth-order valence-corrected chi connectivity index (χ4v) is 2.17. The molecule has 2 atom stereocenters. The Morgan fingerprint density at radius 3 is 2.53 bits per heavy atom. The highest BCUT2D eigenvalue weighted by Gasteiger charge is 2.32. The predicted molar refractivity (Wildman–Crippen MR) is 71.1 cm³/mol. The zero-order valence-corrected chi connectivity index (χ0v) is 11.8. The number of rotatable bonds is 5. The first-order valence-electron chi connectivity index (χ1n) is 6.49. The molecule has 0 radical (unpaired) electrons. The Balaban J connectivity index is 3.05. The number of aryl methyl sites for hydroxylation is 1. The number of hydrogen-bond acceptors (Lipinski definition) is 3. The minimum absolute atomic E-state index is 0.0708. The number of esters is 1. The normalized spacial score (nSPS) is 14.3. The molecule has 2 unspecified atom stereocenters. The molecule has 1 aromatic rings. The third-order valence-corrected chi connectivity index (χ3v) is 3.17. The van der Waals surface area contributed by atoms with Crippen LogP contribution in [0.1, 0.15) is 38.0 Å². The molecule has 0 fully saturated rings. The zero-order chi connectivity index (χ0) is 14.6. The van der Waals surface area contributed by atoms with Crippen molar-refractivity contribution in [2.45, 2.75) is 33.8 Å². The Hall–Kier alpha value is -1.42. The van der Waals surface area contributed by atoms with Crippen molar-refractivity contribution in [3.05, 3.63) is 35.1 Å². The van der Waals surface area contributed by atoms with Gasteiger partial charge in [-0.1, -0.05) is 19.9 Å². The summed E-state index contributed by atoms with van der Waals surface area (Å²) in [5.41, 5.74) is 1.19. The van der Waals surface area contributed by atoms with E-state index in [1.807, 2.05) is 13.8 Å². The second-order valence-corrected chi connectivity index (χ2v) is 4.97. The monoisotopic (exact) mass is 268 g/mol. The first-order valence-corrected chi connectivity index (χ1v) is 6.49. The molecule has 0 heterocycles. The molecule has 0 saturated carbocycles. The Labute approximate surface area is 113 Å². The van der Waals surface area contributed by atoms with Gasteiger partial charge in [-0.05, 0) is 43.0 Å². The molecule has 0 amide bonds. The van der Waals surface area contributed by atoms with Crippen molar-refractivity contribution in [2.75, 3.05) is 6.61 Å². The van der Waals surface area contributed by atoms with Crippen LogP contribution < -0.4 is 0 Å². The number of ether oxygens (including phenoxy) is 1. The summed E-state index contributed by atoms with van der Waals surface area (Å²) in [4.78, 5) is 11.9. The highest BCUT2D eigenvalue weighted by molar-refractivity contribution is 5.73. The van der Waals surface area contributed by atoms with Crippen molar-refractivity contribution in [1.82, 2.24) is 0 Å². The van der Waals surface area contributed by atoms with Crippen LogP contribution in [0.2, 0.25) is 0 Å². The molecule has 0 aromatic heterocycles. The maximum Gasteiger partial charge on any atom is 0.312 e. The minimum atomic E-state index is -0.986. The van der Waals surface area contributed by atoms with Crippen LogP contribution in [0.25, 0.3) is 0 Å². The standard InChI is InChI=1S/C15H21FO3/c1-5-19-15(18)13(9(2)3)14(17)12-7-6-11(16)8-10(12)4/h6-9,13-14,17H,5H2,1-4H3. The van der Waals surface area contributed by atoms with Crippen LogP contribution in [0.15, 0.2) is 18.2 Å². The van der Waals surface area contributed by atoms with Gasteiger partial charge in [-0.25, -0.2) is 4.39 Å². The third-order valence-electron chi connectivity index (χ3n) is 3.17. The average molecular weight is 268 g/mol. The van der Waals surface area contributed by atoms with Crippen LogP contribution in [0.3, 0.4) is 0 Å². The van der Waals surface area contributed by atoms with Gasteiger partial charge in [0, 0.05) is 0 Å². The van der Waals surface area contributed by atoms with E-state index in [4.69, 9.17) is 4.74 Å². The van der Waals surface area contributed by atoms with Crippen molar-refractivity contribution in [1.29, 1.82) is 0 Å². The number of halogens is 1. The van der Waals surface area contributed by atoms with E-state index in [-0.39, 0.29) is 18.3 Å². The smallest absolute Gasteiger partial charge is 0.312 e. The fraction of sp³-hybridized carbons (Fsp3) is 0.533. The van der Waals surface area contributed by atoms with Gasteiger partial charge in [-0.15, -0.1) is 0 Å². The molecule has 19 heavy (non-hydrogen) atoms. The Bertz CT molecular complexity index is 443. The summed E-state index contributed by atoms with van der Waals surface area (Å²) >= 11 is 0. The second-order valence-electron chi connectivity index (χ2n) is 4.97. The summed E-state index contributed by atoms with van der Waals surface area (Å²) in [5, 5.41) is 10.4. The SMILES string of the molecule is CCOC(=O)C(C(C)C)C(O)c1ccc(F)cc1C. The van der Waals surface area contributed by atoms with Gasteiger partial charge < -0.3 is 9.84 Å². The van der Waals surface area contributed by atoms with Gasteiger partial charge in [0.25, 0.3) is 0 Å². The molecule has 0 aliphatic heterocycles. The predicted octanol–water partition coefficient (Wildman–Crippen LogP) is 3.00. The molecule has 0 aliphatic rings. The van der Waals surface area contributed by atoms with Crippen LogP contribution >= 0.6 is 0 Å². The van der Waals surface area contributed by atoms with Crippen molar-refractivity contribution in [3.8, 4) is 0 Å². The van der Waals surface area contributed by atoms with Crippen molar-refractivity contribution < 1.29 is 19.0 Å². The van der Waals surface area contributed by atoms with Crippen molar-refractivity contribution in [2.24, 2.45) is 11.8 Å². The number of aliphatic hydroxyl groups is 1. The van der Waals surface area contributed by atoms with Crippen LogP contribution in [0, 0.1) is 24.6 Å². The topological polar surface area (TPSA) is 46.5 Å². The average Bonchev–Trinajstić information content (AvgIpc) is 2.28. The van der Waals surface area contributed by atoms with Gasteiger partial charge in [0.1, 0.15) is 5.82 Å². The number of benzene rings is 1. The number of carbonyl (C=O) groups excluding carboxylic acids is 1. The molecular weight excluding hydrogens is 247 g/mol. The highest BCUT2D eigenvalue weighted by atomic mass is 19.1. The van der Waals surface area contributed by atoms with Gasteiger partial charge in [-0.2, -0.15) is 0 Å². The van der Waals surface area contributed by atoms with E-state index in [2.05, 4.69) is 0 Å². The summed E-state index contributed by atoms with van der Waals surface area (Å²) in [5.74, 6) is -1.50. The molecule has 0 spiro atoms. The molecule has 4 heteroatoms. The number of aliphatic hydroxyl groups excluding tert-OH is 1. The van der Waals surface area contributed by atoms with E-state index < -0.39 is 18.0 Å². The van der Waals surface area contributed by atoms with Gasteiger partial charge >= 0.3 is 5.97 Å². The summed E-state index contributed by atoms with van der Waals surface area (Å²) in [6.07, 6.45) is -0.986. The Morgan fingerprint density at radius 1 is 1.42 bits per heavy atom. The highest BCUT2D eigenvalue weighted by Crippen LogP contribution is 2.31. The summed E-state index contributed by atoms with van der Waals surface area (Å²) in [7, 11) is 0. The first kappa shape index (κ1) is 15.6. The van der Waals surface area contributed by atoms with E-state index >= 15 is 0 Å². The maximum absolute atomic E-state index is 13.1. The number of hydrogen-bond donors (Lipinski definition) is 1. The molecular formula is C15H21FO3. The molecule has 1 rings (SSSR count). The Morgan fingerprint density at radius 2 is 2.05 bits per heavy atom. The number of carbonyl (C=O) groups is 1. The van der Waals surface area contributed by atoms with Crippen LogP contribution in [-0.2, 0) is 9.53 Å². The third kappa shape index (κ3) is 3.77. The van der Waals surface area contributed by atoms with E-state index in [1.165, 1.54) is 18.2 Å². The van der Waals surface area contributed by atoms with E-state index in [0.29, 0.717) is 11.1 Å². The van der Waals surface area contributed by atoms with Gasteiger partial charge in [0.05, 0.1) is 18.6 Å². The molecule has 0 bridgehead atoms. The lowest BCUT2D eigenvalue weighted by atomic mass is 9.85. The second kappa shape index (κ2) is 6.66. The molecule has 0 saturated heterocycles. The zero-order valence-electron chi connectivity index (χ0n) is 11.8. The van der Waals surface area contributed by atoms with Gasteiger partial charge in [0.15, 0.2) is 0 Å². The summed E-state index contributed by atoms with van der Waals surface area (Å²) in [6, 6.07) is 4.15. The largest absolute Gasteiger partial charge is 0.466 e.